The highest BCUT2D eigenvalue weighted by molar-refractivity contribution is 6.28. The van der Waals surface area contributed by atoms with Gasteiger partial charge in [-0.05, 0) is 38.8 Å². The Morgan fingerprint density at radius 3 is 2.62 bits per heavy atom. The number of halogens is 1. The molecular weight excluding hydrogens is 292 g/mol. The molecule has 6 nitrogen and oxygen atoms in total. The van der Waals surface area contributed by atoms with Crippen LogP contribution >= 0.6 is 11.6 Å². The van der Waals surface area contributed by atoms with E-state index in [4.69, 9.17) is 21.1 Å². The first-order valence-electron chi connectivity index (χ1n) is 7.29. The maximum absolute atomic E-state index is 5.92. The molecule has 1 heterocycles. The second-order valence-corrected chi connectivity index (χ2v) is 6.41. The van der Waals surface area contributed by atoms with Crippen LogP contribution in [0.2, 0.25) is 5.28 Å². The van der Waals surface area contributed by atoms with E-state index in [9.17, 15) is 0 Å². The Morgan fingerprint density at radius 2 is 2.05 bits per heavy atom. The smallest absolute Gasteiger partial charge is 0.322 e. The summed E-state index contributed by atoms with van der Waals surface area (Å²) in [5.74, 6) is 0.443. The van der Waals surface area contributed by atoms with Crippen LogP contribution in [-0.2, 0) is 4.74 Å². The highest BCUT2D eigenvalue weighted by Crippen LogP contribution is 2.44. The topological polar surface area (TPSA) is 69.2 Å². The molecule has 1 saturated carbocycles. The minimum atomic E-state index is -0.0150. The molecule has 1 aliphatic rings. The maximum Gasteiger partial charge on any atom is 0.322 e. The van der Waals surface area contributed by atoms with E-state index < -0.39 is 0 Å². The third-order valence-corrected chi connectivity index (χ3v) is 3.95. The molecule has 0 saturated heterocycles. The third-order valence-electron chi connectivity index (χ3n) is 3.78. The molecule has 0 radical (unpaired) electrons. The van der Waals surface area contributed by atoms with Crippen molar-refractivity contribution in [3.63, 3.8) is 0 Å². The average molecular weight is 315 g/mol. The summed E-state index contributed by atoms with van der Waals surface area (Å²) in [7, 11) is 0. The van der Waals surface area contributed by atoms with Gasteiger partial charge in [-0.3, -0.25) is 0 Å². The van der Waals surface area contributed by atoms with Crippen LogP contribution in [0.4, 0.5) is 5.95 Å². The zero-order valence-electron chi connectivity index (χ0n) is 13.2. The zero-order chi connectivity index (χ0) is 15.6. The summed E-state index contributed by atoms with van der Waals surface area (Å²) >= 11 is 5.92. The number of rotatable bonds is 6. The predicted molar refractivity (Wildman–Crippen MR) is 81.8 cm³/mol. The molecule has 1 fully saturated rings. The van der Waals surface area contributed by atoms with Crippen molar-refractivity contribution in [3.05, 3.63) is 5.28 Å². The van der Waals surface area contributed by atoms with E-state index in [0.29, 0.717) is 5.95 Å². The average Bonchev–Trinajstić information content (AvgIpc) is 2.36. The minimum absolute atomic E-state index is 0.0150. The Hall–Kier alpha value is -1.14. The zero-order valence-corrected chi connectivity index (χ0v) is 13.9. The van der Waals surface area contributed by atoms with Gasteiger partial charge in [0.2, 0.25) is 11.2 Å². The highest BCUT2D eigenvalue weighted by atomic mass is 35.5. The summed E-state index contributed by atoms with van der Waals surface area (Å²) in [6.07, 6.45) is 1.16. The molecule has 7 heteroatoms. The van der Waals surface area contributed by atoms with Gasteiger partial charge in [-0.1, -0.05) is 13.8 Å². The number of hydrogen-bond donors (Lipinski definition) is 1. The van der Waals surface area contributed by atoms with Crippen molar-refractivity contribution in [1.29, 1.82) is 0 Å². The van der Waals surface area contributed by atoms with Crippen LogP contribution in [0.1, 0.15) is 41.0 Å². The van der Waals surface area contributed by atoms with E-state index in [1.165, 1.54) is 0 Å². The first-order chi connectivity index (χ1) is 9.82. The molecular formula is C14H23ClN4O2. The van der Waals surface area contributed by atoms with Gasteiger partial charge >= 0.3 is 6.01 Å². The van der Waals surface area contributed by atoms with E-state index in [1.54, 1.807) is 0 Å². The van der Waals surface area contributed by atoms with Crippen LogP contribution in [0, 0.1) is 5.41 Å². The van der Waals surface area contributed by atoms with Crippen LogP contribution in [0.15, 0.2) is 0 Å². The lowest BCUT2D eigenvalue weighted by Gasteiger charge is -2.51. The molecule has 0 aromatic carbocycles. The molecule has 2 atom stereocenters. The summed E-state index contributed by atoms with van der Waals surface area (Å²) in [6, 6.07) is 0.477. The van der Waals surface area contributed by atoms with Gasteiger partial charge in [-0.15, -0.1) is 0 Å². The number of ether oxygens (including phenoxy) is 2. The normalized spacial score (nSPS) is 23.8. The van der Waals surface area contributed by atoms with Crippen LogP contribution in [-0.4, -0.2) is 39.8 Å². The number of nitrogens with zero attached hydrogens (tertiary/aromatic N) is 3. The van der Waals surface area contributed by atoms with E-state index in [0.717, 1.165) is 13.0 Å². The molecule has 0 bridgehead atoms. The summed E-state index contributed by atoms with van der Waals surface area (Å²) in [4.78, 5) is 12.3. The number of aromatic nitrogens is 3. The monoisotopic (exact) mass is 314 g/mol. The molecule has 21 heavy (non-hydrogen) atoms. The van der Waals surface area contributed by atoms with Gasteiger partial charge in [0.1, 0.15) is 0 Å². The standard InChI is InChI=1S/C14H23ClN4O2/c1-6-20-10-7-9(14(10,4)5)16-12-17-11(15)18-13(19-12)21-8(2)3/h8-10H,6-7H2,1-5H3,(H,16,17,18,19). The highest BCUT2D eigenvalue weighted by Gasteiger charge is 2.49. The van der Waals surface area contributed by atoms with Gasteiger partial charge in [0, 0.05) is 18.1 Å². The second kappa shape index (κ2) is 6.32. The molecule has 1 N–H and O–H groups in total. The summed E-state index contributed by atoms with van der Waals surface area (Å²) in [6.45, 7) is 10.9. The minimum Gasteiger partial charge on any atom is -0.461 e. The van der Waals surface area contributed by atoms with Crippen molar-refractivity contribution >= 4 is 17.5 Å². The Labute approximate surface area is 130 Å². The lowest BCUT2D eigenvalue weighted by Crippen LogP contribution is -2.58. The largest absolute Gasteiger partial charge is 0.461 e. The third kappa shape index (κ3) is 3.74. The van der Waals surface area contributed by atoms with Crippen LogP contribution in [0.25, 0.3) is 0 Å². The molecule has 1 aliphatic carbocycles. The lowest BCUT2D eigenvalue weighted by atomic mass is 9.64. The summed E-state index contributed by atoms with van der Waals surface area (Å²) in [5, 5.41) is 3.43. The molecule has 1 aromatic rings. The van der Waals surface area contributed by atoms with Crippen molar-refractivity contribution in [3.8, 4) is 6.01 Å². The van der Waals surface area contributed by atoms with Crippen LogP contribution in [0.3, 0.4) is 0 Å². The van der Waals surface area contributed by atoms with Gasteiger partial charge in [0.25, 0.3) is 0 Å². The Morgan fingerprint density at radius 1 is 1.33 bits per heavy atom. The Bertz CT molecular complexity index is 496. The van der Waals surface area contributed by atoms with E-state index >= 15 is 0 Å². The first kappa shape index (κ1) is 16.2. The lowest BCUT2D eigenvalue weighted by molar-refractivity contribution is -0.0977. The van der Waals surface area contributed by atoms with Gasteiger partial charge in [0.15, 0.2) is 0 Å². The molecule has 118 valence electrons. The van der Waals surface area contributed by atoms with Crippen molar-refractivity contribution in [2.75, 3.05) is 11.9 Å². The fraction of sp³-hybridized carbons (Fsp3) is 0.786. The number of hydrogen-bond acceptors (Lipinski definition) is 6. The molecule has 2 rings (SSSR count). The maximum atomic E-state index is 5.92. The van der Waals surface area contributed by atoms with E-state index in [1.807, 2.05) is 20.8 Å². The first-order valence-corrected chi connectivity index (χ1v) is 7.67. The fourth-order valence-electron chi connectivity index (χ4n) is 2.43. The Kier molecular flexibility index (Phi) is 4.88. The van der Waals surface area contributed by atoms with E-state index in [2.05, 4.69) is 34.1 Å². The second-order valence-electron chi connectivity index (χ2n) is 6.08. The molecule has 0 spiro atoms. The van der Waals surface area contributed by atoms with Gasteiger partial charge in [-0.25, -0.2) is 0 Å². The quantitative estimate of drug-likeness (QED) is 0.870. The summed E-state index contributed by atoms with van der Waals surface area (Å²) in [5.41, 5.74) is 0.0220. The van der Waals surface area contributed by atoms with Crippen LogP contribution in [0.5, 0.6) is 6.01 Å². The van der Waals surface area contributed by atoms with Crippen molar-refractivity contribution < 1.29 is 9.47 Å². The molecule has 0 amide bonds. The molecule has 1 aromatic heterocycles. The summed E-state index contributed by atoms with van der Waals surface area (Å²) < 4.78 is 11.2. The van der Waals surface area contributed by atoms with Crippen LogP contribution < -0.4 is 10.1 Å². The SMILES string of the molecule is CCOC1CC(Nc2nc(Cl)nc(OC(C)C)n2)C1(C)C. The van der Waals surface area contributed by atoms with Crippen molar-refractivity contribution in [1.82, 2.24) is 15.0 Å². The molecule has 2 unspecified atom stereocenters. The van der Waals surface area contributed by atoms with Gasteiger partial charge < -0.3 is 14.8 Å². The Balaban J connectivity index is 2.05. The van der Waals surface area contributed by atoms with E-state index in [-0.39, 0.29) is 35.0 Å². The predicted octanol–water partition coefficient (Wildman–Crippen LogP) is 2.93. The fourth-order valence-corrected chi connectivity index (χ4v) is 2.58. The molecule has 0 aliphatic heterocycles. The number of nitrogens with one attached hydrogen (secondary N) is 1. The number of anilines is 1. The van der Waals surface area contributed by atoms with Gasteiger partial charge in [0.05, 0.1) is 12.2 Å². The van der Waals surface area contributed by atoms with Crippen molar-refractivity contribution in [2.45, 2.75) is 59.3 Å². The van der Waals surface area contributed by atoms with Gasteiger partial charge in [-0.2, -0.15) is 15.0 Å². The van der Waals surface area contributed by atoms with Crippen molar-refractivity contribution in [2.24, 2.45) is 5.41 Å².